The molecule has 0 heterocycles. The van der Waals surface area contributed by atoms with Crippen molar-refractivity contribution in [2.24, 2.45) is 11.8 Å². The summed E-state index contributed by atoms with van der Waals surface area (Å²) in [5, 5.41) is 3.33. The smallest absolute Gasteiger partial charge is 0.310 e. The van der Waals surface area contributed by atoms with Gasteiger partial charge < -0.3 is 10.1 Å². The Bertz CT molecular complexity index is 349. The highest BCUT2D eigenvalue weighted by atomic mass is 16.5. The van der Waals surface area contributed by atoms with Crippen molar-refractivity contribution in [1.82, 2.24) is 5.32 Å². The lowest BCUT2D eigenvalue weighted by molar-refractivity contribution is -0.146. The Morgan fingerprint density at radius 1 is 1.28 bits per heavy atom. The molecule has 0 aliphatic carbocycles. The number of carbonyl (C=O) groups is 1. The van der Waals surface area contributed by atoms with Crippen LogP contribution in [0, 0.1) is 11.8 Å². The average Bonchev–Trinajstić information content (AvgIpc) is 2.38. The quantitative estimate of drug-likeness (QED) is 0.595. The van der Waals surface area contributed by atoms with Gasteiger partial charge in [0.25, 0.3) is 0 Å². The van der Waals surface area contributed by atoms with Crippen LogP contribution in [0.4, 0.5) is 0 Å². The molecular formula is C15H23NO2. The van der Waals surface area contributed by atoms with Gasteiger partial charge in [-0.15, -0.1) is 0 Å². The fourth-order valence-electron chi connectivity index (χ4n) is 1.88. The summed E-state index contributed by atoms with van der Waals surface area (Å²) in [7, 11) is 1.45. The molecule has 3 heteroatoms. The van der Waals surface area contributed by atoms with Gasteiger partial charge in [-0.2, -0.15) is 0 Å². The van der Waals surface area contributed by atoms with E-state index in [0.29, 0.717) is 12.5 Å². The Labute approximate surface area is 110 Å². The molecule has 0 amide bonds. The van der Waals surface area contributed by atoms with Gasteiger partial charge in [0.2, 0.25) is 0 Å². The van der Waals surface area contributed by atoms with Gasteiger partial charge in [-0.25, -0.2) is 0 Å². The van der Waals surface area contributed by atoms with Crippen molar-refractivity contribution in [3.05, 3.63) is 35.9 Å². The van der Waals surface area contributed by atoms with Gasteiger partial charge in [-0.1, -0.05) is 44.2 Å². The zero-order valence-corrected chi connectivity index (χ0v) is 11.5. The van der Waals surface area contributed by atoms with Crippen LogP contribution >= 0.6 is 0 Å². The van der Waals surface area contributed by atoms with E-state index >= 15 is 0 Å². The Morgan fingerprint density at radius 2 is 1.94 bits per heavy atom. The Hall–Kier alpha value is -1.35. The van der Waals surface area contributed by atoms with Crippen molar-refractivity contribution in [1.29, 1.82) is 0 Å². The number of esters is 1. The number of ether oxygens (including phenoxy) is 1. The van der Waals surface area contributed by atoms with Gasteiger partial charge in [0.1, 0.15) is 0 Å². The first kappa shape index (κ1) is 14.7. The minimum atomic E-state index is -0.128. The molecule has 0 aliphatic heterocycles. The van der Waals surface area contributed by atoms with Crippen molar-refractivity contribution < 1.29 is 9.53 Å². The van der Waals surface area contributed by atoms with Crippen molar-refractivity contribution >= 4 is 5.97 Å². The molecule has 0 fully saturated rings. The minimum Gasteiger partial charge on any atom is -0.469 e. The molecular weight excluding hydrogens is 226 g/mol. The lowest BCUT2D eigenvalue weighted by Crippen LogP contribution is -2.33. The van der Waals surface area contributed by atoms with E-state index in [4.69, 9.17) is 4.74 Å². The fraction of sp³-hybridized carbons (Fsp3) is 0.533. The Morgan fingerprint density at radius 3 is 2.50 bits per heavy atom. The summed E-state index contributed by atoms with van der Waals surface area (Å²) < 4.78 is 4.81. The van der Waals surface area contributed by atoms with E-state index in [9.17, 15) is 4.79 Å². The van der Waals surface area contributed by atoms with E-state index < -0.39 is 0 Å². The number of nitrogens with one attached hydrogen (secondary N) is 1. The molecule has 1 atom stereocenters. The summed E-state index contributed by atoms with van der Waals surface area (Å²) >= 11 is 0. The predicted octanol–water partition coefficient (Wildman–Crippen LogP) is 2.26. The van der Waals surface area contributed by atoms with Crippen LogP contribution in [0.1, 0.15) is 19.4 Å². The average molecular weight is 249 g/mol. The topological polar surface area (TPSA) is 38.3 Å². The van der Waals surface area contributed by atoms with Gasteiger partial charge in [-0.05, 0) is 24.4 Å². The standard InChI is InChI=1S/C15H23NO2/c1-12(2)14(15(17)18-3)11-16-10-9-13-7-5-4-6-8-13/h4-8,12,14,16H,9-11H2,1-3H3. The monoisotopic (exact) mass is 249 g/mol. The molecule has 0 aliphatic rings. The van der Waals surface area contributed by atoms with Gasteiger partial charge in [0.15, 0.2) is 0 Å². The van der Waals surface area contributed by atoms with E-state index in [1.54, 1.807) is 0 Å². The lowest BCUT2D eigenvalue weighted by Gasteiger charge is -2.18. The van der Waals surface area contributed by atoms with Crippen LogP contribution in [0.15, 0.2) is 30.3 Å². The van der Waals surface area contributed by atoms with Gasteiger partial charge >= 0.3 is 5.97 Å². The largest absolute Gasteiger partial charge is 0.469 e. The summed E-state index contributed by atoms with van der Waals surface area (Å²) in [6, 6.07) is 10.3. The maximum atomic E-state index is 11.6. The second-order valence-electron chi connectivity index (χ2n) is 4.81. The molecule has 100 valence electrons. The number of benzene rings is 1. The van der Waals surface area contributed by atoms with Crippen molar-refractivity contribution in [3.63, 3.8) is 0 Å². The summed E-state index contributed by atoms with van der Waals surface area (Å²) in [5.41, 5.74) is 1.31. The minimum absolute atomic E-state index is 0.0641. The van der Waals surface area contributed by atoms with E-state index in [0.717, 1.165) is 13.0 Å². The first-order chi connectivity index (χ1) is 8.65. The second-order valence-corrected chi connectivity index (χ2v) is 4.81. The predicted molar refractivity (Wildman–Crippen MR) is 73.4 cm³/mol. The van der Waals surface area contributed by atoms with E-state index in [-0.39, 0.29) is 11.9 Å². The Balaban J connectivity index is 2.29. The lowest BCUT2D eigenvalue weighted by atomic mass is 9.96. The molecule has 0 saturated heterocycles. The van der Waals surface area contributed by atoms with Crippen LogP contribution in [0.3, 0.4) is 0 Å². The molecule has 1 aromatic carbocycles. The van der Waals surface area contributed by atoms with Crippen LogP contribution in [0.2, 0.25) is 0 Å². The van der Waals surface area contributed by atoms with Gasteiger partial charge in [0, 0.05) is 6.54 Å². The maximum absolute atomic E-state index is 11.6. The van der Waals surface area contributed by atoms with Crippen LogP contribution in [0.5, 0.6) is 0 Å². The number of rotatable bonds is 7. The number of hydrogen-bond acceptors (Lipinski definition) is 3. The Kier molecular flexibility index (Phi) is 6.44. The first-order valence-corrected chi connectivity index (χ1v) is 6.47. The van der Waals surface area contributed by atoms with E-state index in [2.05, 4.69) is 17.4 Å². The highest BCUT2D eigenvalue weighted by Gasteiger charge is 2.22. The molecule has 1 N–H and O–H groups in total. The van der Waals surface area contributed by atoms with E-state index in [1.165, 1.54) is 12.7 Å². The summed E-state index contributed by atoms with van der Waals surface area (Å²) in [5.74, 6) is 0.102. The van der Waals surface area contributed by atoms with Crippen molar-refractivity contribution in [3.8, 4) is 0 Å². The van der Waals surface area contributed by atoms with Crippen LogP contribution < -0.4 is 5.32 Å². The van der Waals surface area contributed by atoms with Crippen LogP contribution in [0.25, 0.3) is 0 Å². The third-order valence-corrected chi connectivity index (χ3v) is 3.11. The molecule has 1 rings (SSSR count). The molecule has 1 aromatic rings. The highest BCUT2D eigenvalue weighted by Crippen LogP contribution is 2.11. The molecule has 0 aromatic heterocycles. The summed E-state index contributed by atoms with van der Waals surface area (Å²) in [6.07, 6.45) is 0.979. The second kappa shape index (κ2) is 7.88. The molecule has 3 nitrogen and oxygen atoms in total. The molecule has 0 spiro atoms. The zero-order chi connectivity index (χ0) is 13.4. The highest BCUT2D eigenvalue weighted by molar-refractivity contribution is 5.72. The number of methoxy groups -OCH3 is 1. The van der Waals surface area contributed by atoms with Gasteiger partial charge in [0.05, 0.1) is 13.0 Å². The summed E-state index contributed by atoms with van der Waals surface area (Å²) in [4.78, 5) is 11.6. The van der Waals surface area contributed by atoms with E-state index in [1.807, 2.05) is 32.0 Å². The maximum Gasteiger partial charge on any atom is 0.310 e. The van der Waals surface area contributed by atoms with Crippen LogP contribution in [-0.2, 0) is 16.0 Å². The molecule has 0 bridgehead atoms. The molecule has 1 unspecified atom stereocenters. The molecule has 0 radical (unpaired) electrons. The molecule has 18 heavy (non-hydrogen) atoms. The fourth-order valence-corrected chi connectivity index (χ4v) is 1.88. The van der Waals surface area contributed by atoms with Gasteiger partial charge in [-0.3, -0.25) is 4.79 Å². The van der Waals surface area contributed by atoms with Crippen molar-refractivity contribution in [2.45, 2.75) is 20.3 Å². The number of hydrogen-bond donors (Lipinski definition) is 1. The number of carbonyl (C=O) groups excluding carboxylic acids is 1. The third-order valence-electron chi connectivity index (χ3n) is 3.11. The normalized spacial score (nSPS) is 12.4. The molecule has 0 saturated carbocycles. The van der Waals surface area contributed by atoms with Crippen LogP contribution in [-0.4, -0.2) is 26.2 Å². The van der Waals surface area contributed by atoms with Crippen molar-refractivity contribution in [2.75, 3.05) is 20.2 Å². The first-order valence-electron chi connectivity index (χ1n) is 6.47. The third kappa shape index (κ3) is 4.88. The summed E-state index contributed by atoms with van der Waals surface area (Å²) in [6.45, 7) is 5.64. The SMILES string of the molecule is COC(=O)C(CNCCc1ccccc1)C(C)C. The zero-order valence-electron chi connectivity index (χ0n) is 11.5.